The van der Waals surface area contributed by atoms with Gasteiger partial charge in [-0.05, 0) is 42.8 Å². The molecule has 0 aliphatic carbocycles. The van der Waals surface area contributed by atoms with Crippen LogP contribution in [0.25, 0.3) is 0 Å². The molecule has 1 unspecified atom stereocenters. The van der Waals surface area contributed by atoms with Gasteiger partial charge in [0, 0.05) is 0 Å². The largest absolute Gasteiger partial charge is 0.309 e. The molecule has 0 aliphatic heterocycles. The van der Waals surface area contributed by atoms with Crippen molar-refractivity contribution in [1.82, 2.24) is 9.71 Å². The molecule has 9 heteroatoms. The van der Waals surface area contributed by atoms with E-state index in [1.54, 1.807) is 6.92 Å². The number of rotatable bonds is 6. The van der Waals surface area contributed by atoms with Crippen LogP contribution in [-0.2, 0) is 14.8 Å². The molecule has 128 valence electrons. The first-order valence-corrected chi connectivity index (χ1v) is 8.50. The van der Waals surface area contributed by atoms with Crippen LogP contribution in [0.15, 0.2) is 47.5 Å². The number of sulfonamides is 1. The summed E-state index contributed by atoms with van der Waals surface area (Å²) < 4.78 is 52.4. The summed E-state index contributed by atoms with van der Waals surface area (Å²) in [6.45, 7) is 1.62. The normalized spacial score (nSPS) is 12.6. The first-order chi connectivity index (χ1) is 11.3. The second-order valence-electron chi connectivity index (χ2n) is 4.89. The summed E-state index contributed by atoms with van der Waals surface area (Å²) in [5.74, 6) is -1.67. The smallest absolute Gasteiger partial charge is 0.243 e. The molecule has 24 heavy (non-hydrogen) atoms. The van der Waals surface area contributed by atoms with Gasteiger partial charge in [-0.25, -0.2) is 22.2 Å². The minimum absolute atomic E-state index is 0.0980. The summed E-state index contributed by atoms with van der Waals surface area (Å²) >= 11 is 0. The van der Waals surface area contributed by atoms with Crippen molar-refractivity contribution in [2.75, 3.05) is 5.32 Å². The lowest BCUT2D eigenvalue weighted by atomic mass is 10.2. The van der Waals surface area contributed by atoms with Gasteiger partial charge in [-0.3, -0.25) is 4.79 Å². The lowest BCUT2D eigenvalue weighted by Crippen LogP contribution is -2.43. The lowest BCUT2D eigenvalue weighted by molar-refractivity contribution is -0.117. The number of hydrogen-bond acceptors (Lipinski definition) is 4. The number of pyridine rings is 1. The topological polar surface area (TPSA) is 88.2 Å². The molecule has 2 rings (SSSR count). The van der Waals surface area contributed by atoms with Gasteiger partial charge in [0.1, 0.15) is 23.5 Å². The predicted octanol–water partition coefficient (Wildman–Crippen LogP) is 2.06. The van der Waals surface area contributed by atoms with Crippen molar-refractivity contribution in [1.29, 1.82) is 0 Å². The Hall–Kier alpha value is -2.39. The lowest BCUT2D eigenvalue weighted by Gasteiger charge is -2.16. The number of carbonyl (C=O) groups excluding carboxylic acids is 1. The van der Waals surface area contributed by atoms with E-state index in [1.807, 2.05) is 0 Å². The molecule has 0 bridgehead atoms. The van der Waals surface area contributed by atoms with Crippen molar-refractivity contribution in [3.05, 3.63) is 54.2 Å². The van der Waals surface area contributed by atoms with Gasteiger partial charge in [-0.1, -0.05) is 6.92 Å². The van der Waals surface area contributed by atoms with E-state index in [1.165, 1.54) is 6.07 Å². The van der Waals surface area contributed by atoms with Gasteiger partial charge < -0.3 is 5.32 Å². The van der Waals surface area contributed by atoms with Gasteiger partial charge in [0.25, 0.3) is 0 Å². The molecule has 1 aromatic carbocycles. The second-order valence-corrected chi connectivity index (χ2v) is 6.60. The Kier molecular flexibility index (Phi) is 5.58. The highest BCUT2D eigenvalue weighted by Crippen LogP contribution is 2.12. The van der Waals surface area contributed by atoms with E-state index in [9.17, 15) is 22.0 Å². The summed E-state index contributed by atoms with van der Waals surface area (Å²) in [5, 5.41) is 2.40. The highest BCUT2D eigenvalue weighted by Gasteiger charge is 2.24. The average Bonchev–Trinajstić information content (AvgIpc) is 2.55. The number of nitrogens with zero attached hydrogens (tertiary/aromatic N) is 1. The quantitative estimate of drug-likeness (QED) is 0.830. The van der Waals surface area contributed by atoms with Crippen molar-refractivity contribution in [3.8, 4) is 0 Å². The number of nitrogens with one attached hydrogen (secondary N) is 2. The van der Waals surface area contributed by atoms with Gasteiger partial charge >= 0.3 is 0 Å². The molecule has 1 amide bonds. The van der Waals surface area contributed by atoms with E-state index in [0.717, 1.165) is 36.5 Å². The Morgan fingerprint density at radius 2 is 1.75 bits per heavy atom. The zero-order valence-corrected chi connectivity index (χ0v) is 13.5. The minimum Gasteiger partial charge on any atom is -0.309 e. The Balaban J connectivity index is 2.11. The van der Waals surface area contributed by atoms with Crippen LogP contribution in [0.5, 0.6) is 0 Å². The molecule has 0 aliphatic rings. The molecule has 0 saturated heterocycles. The van der Waals surface area contributed by atoms with Crippen LogP contribution in [0, 0.1) is 11.6 Å². The van der Waals surface area contributed by atoms with E-state index in [0.29, 0.717) is 0 Å². The summed E-state index contributed by atoms with van der Waals surface area (Å²) in [6, 6.07) is 5.54. The third-order valence-electron chi connectivity index (χ3n) is 3.12. The highest BCUT2D eigenvalue weighted by atomic mass is 32.2. The number of aromatic nitrogens is 1. The summed E-state index contributed by atoms with van der Waals surface area (Å²) in [5.41, 5.74) is 0. The van der Waals surface area contributed by atoms with Crippen LogP contribution in [0.1, 0.15) is 13.3 Å². The van der Waals surface area contributed by atoms with E-state index >= 15 is 0 Å². The third-order valence-corrected chi connectivity index (χ3v) is 4.61. The fourth-order valence-electron chi connectivity index (χ4n) is 1.85. The molecule has 0 spiro atoms. The minimum atomic E-state index is -3.99. The van der Waals surface area contributed by atoms with Crippen molar-refractivity contribution < 1.29 is 22.0 Å². The summed E-state index contributed by atoms with van der Waals surface area (Å²) in [6.07, 6.45) is 1.10. The van der Waals surface area contributed by atoms with Crippen LogP contribution >= 0.6 is 0 Å². The summed E-state index contributed by atoms with van der Waals surface area (Å²) in [7, 11) is -3.99. The maximum atomic E-state index is 12.9. The van der Waals surface area contributed by atoms with Crippen LogP contribution in [-0.4, -0.2) is 25.4 Å². The number of halogens is 2. The molecular formula is C15H15F2N3O3S. The van der Waals surface area contributed by atoms with Gasteiger partial charge in [0.05, 0.1) is 11.1 Å². The predicted molar refractivity (Wildman–Crippen MR) is 83.6 cm³/mol. The molecule has 6 nitrogen and oxygen atoms in total. The number of hydrogen-bond donors (Lipinski definition) is 2. The third kappa shape index (κ3) is 4.56. The number of anilines is 1. The monoisotopic (exact) mass is 355 g/mol. The first kappa shape index (κ1) is 18.0. The Labute approximate surface area is 138 Å². The van der Waals surface area contributed by atoms with Gasteiger partial charge in [0.2, 0.25) is 15.9 Å². The first-order valence-electron chi connectivity index (χ1n) is 7.02. The average molecular weight is 355 g/mol. The van der Waals surface area contributed by atoms with Gasteiger partial charge in [0.15, 0.2) is 0 Å². The van der Waals surface area contributed by atoms with E-state index in [2.05, 4.69) is 15.0 Å². The molecule has 1 heterocycles. The highest BCUT2D eigenvalue weighted by molar-refractivity contribution is 7.89. The molecule has 0 saturated carbocycles. The molecule has 1 atom stereocenters. The van der Waals surface area contributed by atoms with Crippen molar-refractivity contribution >= 4 is 21.7 Å². The maximum Gasteiger partial charge on any atom is 0.243 e. The SMILES string of the molecule is CCC(NS(=O)(=O)c1ccc(F)cc1)C(=O)Nc1ccc(F)cn1. The summed E-state index contributed by atoms with van der Waals surface area (Å²) in [4.78, 5) is 15.7. The zero-order valence-electron chi connectivity index (χ0n) is 12.7. The molecular weight excluding hydrogens is 340 g/mol. The van der Waals surface area contributed by atoms with Gasteiger partial charge in [-0.15, -0.1) is 0 Å². The fourth-order valence-corrected chi connectivity index (χ4v) is 3.13. The number of carbonyl (C=O) groups is 1. The van der Waals surface area contributed by atoms with E-state index < -0.39 is 33.6 Å². The maximum absolute atomic E-state index is 12.9. The van der Waals surface area contributed by atoms with Crippen LogP contribution < -0.4 is 10.0 Å². The number of amides is 1. The molecule has 1 aromatic heterocycles. The Morgan fingerprint density at radius 1 is 1.12 bits per heavy atom. The fraction of sp³-hybridized carbons (Fsp3) is 0.200. The Bertz CT molecular complexity index is 809. The standard InChI is InChI=1S/C15H15F2N3O3S/c1-2-13(15(21)19-14-8-5-11(17)9-18-14)20-24(22,23)12-6-3-10(16)4-7-12/h3-9,13,20H,2H2,1H3,(H,18,19,21). The van der Waals surface area contributed by atoms with Crippen molar-refractivity contribution in [2.45, 2.75) is 24.3 Å². The van der Waals surface area contributed by atoms with Gasteiger partial charge in [-0.2, -0.15) is 4.72 Å². The number of benzene rings is 1. The van der Waals surface area contributed by atoms with Crippen LogP contribution in [0.4, 0.5) is 14.6 Å². The molecule has 2 aromatic rings. The van der Waals surface area contributed by atoms with E-state index in [4.69, 9.17) is 0 Å². The van der Waals surface area contributed by atoms with Crippen molar-refractivity contribution in [3.63, 3.8) is 0 Å². The van der Waals surface area contributed by atoms with Crippen LogP contribution in [0.3, 0.4) is 0 Å². The Morgan fingerprint density at radius 3 is 2.29 bits per heavy atom. The van der Waals surface area contributed by atoms with Crippen molar-refractivity contribution in [2.24, 2.45) is 0 Å². The molecule has 0 radical (unpaired) electrons. The van der Waals surface area contributed by atoms with Crippen LogP contribution in [0.2, 0.25) is 0 Å². The molecule has 0 fully saturated rings. The molecule has 2 N–H and O–H groups in total. The van der Waals surface area contributed by atoms with E-state index in [-0.39, 0.29) is 17.1 Å². The second kappa shape index (κ2) is 7.45. The zero-order chi connectivity index (χ0) is 17.7.